The number of amides is 1. The van der Waals surface area contributed by atoms with E-state index in [1.165, 1.54) is 32.5 Å². The first kappa shape index (κ1) is 18.4. The summed E-state index contributed by atoms with van der Waals surface area (Å²) in [7, 11) is 0. The summed E-state index contributed by atoms with van der Waals surface area (Å²) in [5, 5.41) is 0. The summed E-state index contributed by atoms with van der Waals surface area (Å²) in [6.07, 6.45) is 7.28. The quantitative estimate of drug-likeness (QED) is 0.832. The Morgan fingerprint density at radius 2 is 1.93 bits per heavy atom. The first-order valence-corrected chi connectivity index (χ1v) is 10.3. The minimum atomic E-state index is 0.104. The van der Waals surface area contributed by atoms with Crippen LogP contribution in [0.5, 0.6) is 0 Å². The maximum absolute atomic E-state index is 13.2. The van der Waals surface area contributed by atoms with Crippen LogP contribution in [0.1, 0.15) is 49.3 Å². The molecule has 2 aromatic rings. The van der Waals surface area contributed by atoms with E-state index >= 15 is 0 Å². The largest absolute Gasteiger partial charge is 0.337 e. The molecule has 0 N–H and O–H groups in total. The molecule has 0 unspecified atom stereocenters. The summed E-state index contributed by atoms with van der Waals surface area (Å²) in [5.74, 6) is 2.85. The number of imidazole rings is 1. The molecule has 0 aromatic carbocycles. The topological polar surface area (TPSA) is 53.7 Å². The van der Waals surface area contributed by atoms with Crippen molar-refractivity contribution >= 4 is 11.7 Å². The van der Waals surface area contributed by atoms with Gasteiger partial charge in [0, 0.05) is 32.0 Å². The summed E-state index contributed by atoms with van der Waals surface area (Å²) in [5.41, 5.74) is 1.44. The zero-order valence-electron chi connectivity index (χ0n) is 16.8. The van der Waals surface area contributed by atoms with E-state index in [2.05, 4.69) is 28.7 Å². The van der Waals surface area contributed by atoms with Crippen LogP contribution >= 0.6 is 0 Å². The third-order valence-electron chi connectivity index (χ3n) is 6.21. The van der Waals surface area contributed by atoms with E-state index in [1.807, 2.05) is 28.5 Å². The maximum atomic E-state index is 13.2. The molecular formula is C21H31N5O. The Morgan fingerprint density at radius 1 is 1.19 bits per heavy atom. The van der Waals surface area contributed by atoms with Gasteiger partial charge in [0.25, 0.3) is 5.91 Å². The summed E-state index contributed by atoms with van der Waals surface area (Å²) in [6, 6.07) is 1.85. The Morgan fingerprint density at radius 3 is 2.67 bits per heavy atom. The number of nitrogens with zero attached hydrogens (tertiary/aromatic N) is 5. The SMILES string of the molecule is Cc1nc2ncccn2c1C(=O)N1CC[C@H](C2CCN(CC(C)C)CC2)C1. The summed E-state index contributed by atoms with van der Waals surface area (Å²) >= 11 is 0. The highest BCUT2D eigenvalue weighted by atomic mass is 16.2. The molecule has 2 aliphatic rings. The molecule has 0 saturated carbocycles. The molecule has 0 aliphatic carbocycles. The number of hydrogen-bond donors (Lipinski definition) is 0. The Balaban J connectivity index is 1.40. The average Bonchev–Trinajstić information content (AvgIpc) is 3.25. The highest BCUT2D eigenvalue weighted by Crippen LogP contribution is 2.32. The van der Waals surface area contributed by atoms with Crippen molar-refractivity contribution in [2.75, 3.05) is 32.7 Å². The number of rotatable bonds is 4. The zero-order chi connectivity index (χ0) is 19.0. The normalized spacial score (nSPS) is 22.2. The van der Waals surface area contributed by atoms with Crippen molar-refractivity contribution in [1.29, 1.82) is 0 Å². The van der Waals surface area contributed by atoms with Crippen molar-refractivity contribution in [3.63, 3.8) is 0 Å². The molecule has 2 aromatic heterocycles. The van der Waals surface area contributed by atoms with Crippen molar-refractivity contribution < 1.29 is 4.79 Å². The van der Waals surface area contributed by atoms with Gasteiger partial charge in [0.1, 0.15) is 5.69 Å². The maximum Gasteiger partial charge on any atom is 0.272 e. The second-order valence-electron chi connectivity index (χ2n) is 8.67. The van der Waals surface area contributed by atoms with E-state index in [0.29, 0.717) is 17.4 Å². The lowest BCUT2D eigenvalue weighted by atomic mass is 9.83. The van der Waals surface area contributed by atoms with Crippen molar-refractivity contribution in [2.45, 2.75) is 40.0 Å². The summed E-state index contributed by atoms with van der Waals surface area (Å²) in [4.78, 5) is 26.5. The fourth-order valence-corrected chi connectivity index (χ4v) is 4.89. The van der Waals surface area contributed by atoms with Crippen LogP contribution in [0.25, 0.3) is 5.78 Å². The molecule has 4 heterocycles. The van der Waals surface area contributed by atoms with Crippen LogP contribution < -0.4 is 0 Å². The number of fused-ring (bicyclic) bond motifs is 1. The van der Waals surface area contributed by atoms with Crippen molar-refractivity contribution in [1.82, 2.24) is 24.2 Å². The molecule has 6 heteroatoms. The minimum absolute atomic E-state index is 0.104. The first-order chi connectivity index (χ1) is 13.0. The molecule has 0 radical (unpaired) electrons. The van der Waals surface area contributed by atoms with Gasteiger partial charge in [0.05, 0.1) is 5.69 Å². The van der Waals surface area contributed by atoms with Crippen molar-refractivity contribution in [2.24, 2.45) is 17.8 Å². The molecule has 6 nitrogen and oxygen atoms in total. The highest BCUT2D eigenvalue weighted by molar-refractivity contribution is 5.94. The monoisotopic (exact) mass is 369 g/mol. The van der Waals surface area contributed by atoms with Crippen LogP contribution in [-0.4, -0.2) is 62.8 Å². The molecular weight excluding hydrogens is 338 g/mol. The highest BCUT2D eigenvalue weighted by Gasteiger charge is 2.35. The van der Waals surface area contributed by atoms with Gasteiger partial charge in [-0.25, -0.2) is 9.97 Å². The molecule has 27 heavy (non-hydrogen) atoms. The lowest BCUT2D eigenvalue weighted by Gasteiger charge is -2.35. The standard InChI is InChI=1S/C21H31N5O/c1-15(2)13-24-10-5-17(6-11-24)18-7-12-25(14-18)20(27)19-16(3)23-21-22-8-4-9-26(19)21/h4,8-9,15,17-18H,5-7,10-14H2,1-3H3/t18-/m0/s1. The fraction of sp³-hybridized carbons (Fsp3) is 0.667. The first-order valence-electron chi connectivity index (χ1n) is 10.3. The molecule has 2 fully saturated rings. The number of piperidine rings is 1. The van der Waals surface area contributed by atoms with E-state index in [-0.39, 0.29) is 5.91 Å². The summed E-state index contributed by atoms with van der Waals surface area (Å²) in [6.45, 7) is 11.9. The molecule has 0 spiro atoms. The van der Waals surface area contributed by atoms with Gasteiger partial charge in [-0.3, -0.25) is 9.20 Å². The van der Waals surface area contributed by atoms with Gasteiger partial charge in [-0.2, -0.15) is 0 Å². The van der Waals surface area contributed by atoms with E-state index in [9.17, 15) is 4.79 Å². The third kappa shape index (κ3) is 3.72. The van der Waals surface area contributed by atoms with E-state index < -0.39 is 0 Å². The van der Waals surface area contributed by atoms with Crippen LogP contribution in [0.2, 0.25) is 0 Å². The molecule has 2 aliphatic heterocycles. The molecule has 2 saturated heterocycles. The van der Waals surface area contributed by atoms with Gasteiger partial charge in [0.15, 0.2) is 0 Å². The Kier molecular flexibility index (Phi) is 5.17. The zero-order valence-corrected chi connectivity index (χ0v) is 16.8. The van der Waals surface area contributed by atoms with Gasteiger partial charge in [-0.1, -0.05) is 13.8 Å². The van der Waals surface area contributed by atoms with Gasteiger partial charge < -0.3 is 9.80 Å². The molecule has 4 rings (SSSR count). The van der Waals surface area contributed by atoms with E-state index in [0.717, 1.165) is 37.0 Å². The van der Waals surface area contributed by atoms with E-state index in [1.54, 1.807) is 6.20 Å². The smallest absolute Gasteiger partial charge is 0.272 e. The number of hydrogen-bond acceptors (Lipinski definition) is 4. The number of aromatic nitrogens is 3. The van der Waals surface area contributed by atoms with Crippen LogP contribution in [-0.2, 0) is 0 Å². The Labute approximate surface area is 161 Å². The fourth-order valence-electron chi connectivity index (χ4n) is 4.89. The second kappa shape index (κ2) is 7.58. The number of aryl methyl sites for hydroxylation is 1. The number of carbonyl (C=O) groups is 1. The van der Waals surface area contributed by atoms with E-state index in [4.69, 9.17) is 0 Å². The van der Waals surface area contributed by atoms with Gasteiger partial charge in [-0.15, -0.1) is 0 Å². The minimum Gasteiger partial charge on any atom is -0.337 e. The second-order valence-corrected chi connectivity index (χ2v) is 8.67. The third-order valence-corrected chi connectivity index (χ3v) is 6.21. The average molecular weight is 370 g/mol. The van der Waals surface area contributed by atoms with Gasteiger partial charge >= 0.3 is 0 Å². The number of carbonyl (C=O) groups excluding carboxylic acids is 1. The predicted molar refractivity (Wildman–Crippen MR) is 106 cm³/mol. The van der Waals surface area contributed by atoms with Crippen molar-refractivity contribution in [3.05, 3.63) is 29.8 Å². The van der Waals surface area contributed by atoms with Crippen LogP contribution in [0.15, 0.2) is 18.5 Å². The lowest BCUT2D eigenvalue weighted by Crippen LogP contribution is -2.39. The Hall–Kier alpha value is -1.95. The number of likely N-dealkylation sites (tertiary alicyclic amines) is 2. The molecule has 0 bridgehead atoms. The molecule has 1 amide bonds. The van der Waals surface area contributed by atoms with Crippen molar-refractivity contribution in [3.8, 4) is 0 Å². The molecule has 1 atom stereocenters. The molecule has 146 valence electrons. The lowest BCUT2D eigenvalue weighted by molar-refractivity contribution is 0.0764. The van der Waals surface area contributed by atoms with Crippen LogP contribution in [0, 0.1) is 24.7 Å². The van der Waals surface area contributed by atoms with Crippen LogP contribution in [0.3, 0.4) is 0 Å². The van der Waals surface area contributed by atoms with Gasteiger partial charge in [0.2, 0.25) is 5.78 Å². The van der Waals surface area contributed by atoms with Crippen LogP contribution in [0.4, 0.5) is 0 Å². The van der Waals surface area contributed by atoms with Gasteiger partial charge in [-0.05, 0) is 63.1 Å². The summed E-state index contributed by atoms with van der Waals surface area (Å²) < 4.78 is 1.83. The Bertz CT molecular complexity index is 806. The predicted octanol–water partition coefficient (Wildman–Crippen LogP) is 2.87.